The molecule has 1 atom stereocenters. The molecule has 0 spiro atoms. The predicted octanol–water partition coefficient (Wildman–Crippen LogP) is 4.97. The second kappa shape index (κ2) is 8.94. The summed E-state index contributed by atoms with van der Waals surface area (Å²) < 4.78 is 6.19. The second-order valence-corrected chi connectivity index (χ2v) is 6.56. The van der Waals surface area contributed by atoms with Gasteiger partial charge in [0, 0.05) is 22.6 Å². The highest BCUT2D eigenvalue weighted by atomic mass is 79.9. The van der Waals surface area contributed by atoms with Gasteiger partial charge in [0.15, 0.2) is 0 Å². The molecule has 0 aliphatic rings. The first-order chi connectivity index (χ1) is 11.5. The third kappa shape index (κ3) is 4.89. The largest absolute Gasteiger partial charge is 0.497 e. The molecule has 0 bridgehead atoms. The number of nitrogens with zero attached hydrogens (tertiary/aromatic N) is 1. The summed E-state index contributed by atoms with van der Waals surface area (Å²) in [6, 6.07) is 14.9. The first kappa shape index (κ1) is 18.6. The molecule has 1 N–H and O–H groups in total. The van der Waals surface area contributed by atoms with Gasteiger partial charge in [-0.1, -0.05) is 28.1 Å². The molecule has 128 valence electrons. The summed E-state index contributed by atoms with van der Waals surface area (Å²) in [6.45, 7) is 2.37. The van der Waals surface area contributed by atoms with E-state index in [1.807, 2.05) is 55.5 Å². The minimum Gasteiger partial charge on any atom is -0.497 e. The third-order valence-electron chi connectivity index (χ3n) is 3.63. The Morgan fingerprint density at radius 1 is 1.29 bits per heavy atom. The van der Waals surface area contributed by atoms with Crippen LogP contribution in [0.1, 0.15) is 18.5 Å². The van der Waals surface area contributed by atoms with Crippen molar-refractivity contribution >= 4 is 39.2 Å². The Hall–Kier alpha value is -1.72. The predicted molar refractivity (Wildman–Crippen MR) is 102 cm³/mol. The normalized spacial score (nSPS) is 11.7. The van der Waals surface area contributed by atoms with Crippen LogP contribution < -0.4 is 15.0 Å². The molecule has 0 radical (unpaired) electrons. The molecule has 2 aromatic rings. The van der Waals surface area contributed by atoms with E-state index < -0.39 is 0 Å². The molecule has 1 unspecified atom stereocenters. The molecular formula is C18H20BrClN2O2. The van der Waals surface area contributed by atoms with Gasteiger partial charge in [0.1, 0.15) is 5.75 Å². The number of ether oxygens (including phenoxy) is 1. The fourth-order valence-electron chi connectivity index (χ4n) is 2.31. The fraction of sp³-hybridized carbons (Fsp3) is 0.278. The number of carbonyl (C=O) groups is 1. The van der Waals surface area contributed by atoms with Crippen molar-refractivity contribution in [1.82, 2.24) is 5.32 Å². The zero-order valence-electron chi connectivity index (χ0n) is 13.6. The van der Waals surface area contributed by atoms with E-state index in [2.05, 4.69) is 21.2 Å². The van der Waals surface area contributed by atoms with E-state index in [1.165, 1.54) is 0 Å². The van der Waals surface area contributed by atoms with E-state index >= 15 is 0 Å². The number of carbonyl (C=O) groups excluding carboxylic acids is 1. The van der Waals surface area contributed by atoms with Gasteiger partial charge in [0.2, 0.25) is 0 Å². The Morgan fingerprint density at radius 3 is 2.62 bits per heavy atom. The van der Waals surface area contributed by atoms with Gasteiger partial charge in [0.25, 0.3) is 0 Å². The lowest BCUT2D eigenvalue weighted by atomic mass is 10.1. The highest BCUT2D eigenvalue weighted by Gasteiger charge is 2.18. The zero-order chi connectivity index (χ0) is 17.5. The summed E-state index contributed by atoms with van der Waals surface area (Å²) in [7, 11) is 1.62. The van der Waals surface area contributed by atoms with Crippen LogP contribution >= 0.6 is 27.5 Å². The lowest BCUT2D eigenvalue weighted by Gasteiger charge is -2.25. The molecule has 0 saturated carbocycles. The smallest absolute Gasteiger partial charge is 0.322 e. The molecule has 4 nitrogen and oxygen atoms in total. The Kier molecular flexibility index (Phi) is 6.94. The summed E-state index contributed by atoms with van der Waals surface area (Å²) in [5.41, 5.74) is 1.78. The van der Waals surface area contributed by atoms with E-state index in [1.54, 1.807) is 12.0 Å². The number of benzene rings is 2. The summed E-state index contributed by atoms with van der Waals surface area (Å²) >= 11 is 9.27. The maximum absolute atomic E-state index is 12.7. The van der Waals surface area contributed by atoms with Gasteiger partial charge < -0.3 is 10.1 Å². The summed E-state index contributed by atoms with van der Waals surface area (Å²) in [5.74, 6) is 1.12. The van der Waals surface area contributed by atoms with Crippen LogP contribution in [0, 0.1) is 0 Å². The minimum atomic E-state index is -0.187. The van der Waals surface area contributed by atoms with Crippen molar-refractivity contribution in [2.24, 2.45) is 0 Å². The SMILES string of the molecule is COc1cccc(C(C)NC(=O)N(CCCl)c2ccc(Br)cc2)c1. The van der Waals surface area contributed by atoms with Gasteiger partial charge >= 0.3 is 6.03 Å². The Labute approximate surface area is 155 Å². The third-order valence-corrected chi connectivity index (χ3v) is 4.32. The quantitative estimate of drug-likeness (QED) is 0.682. The van der Waals surface area contributed by atoms with E-state index in [0.717, 1.165) is 21.5 Å². The topological polar surface area (TPSA) is 41.6 Å². The zero-order valence-corrected chi connectivity index (χ0v) is 16.0. The number of alkyl halides is 1. The van der Waals surface area contributed by atoms with Crippen LogP contribution in [0.15, 0.2) is 53.0 Å². The maximum atomic E-state index is 12.7. The van der Waals surface area contributed by atoms with Crippen molar-refractivity contribution < 1.29 is 9.53 Å². The lowest BCUT2D eigenvalue weighted by molar-refractivity contribution is 0.243. The van der Waals surface area contributed by atoms with Crippen LogP contribution in [0.25, 0.3) is 0 Å². The number of urea groups is 1. The van der Waals surface area contributed by atoms with Gasteiger partial charge in [-0.15, -0.1) is 11.6 Å². The van der Waals surface area contributed by atoms with Crippen LogP contribution in [0.2, 0.25) is 0 Å². The van der Waals surface area contributed by atoms with Gasteiger partial charge in [0.05, 0.1) is 13.2 Å². The fourth-order valence-corrected chi connectivity index (χ4v) is 2.74. The van der Waals surface area contributed by atoms with Crippen LogP contribution in [0.3, 0.4) is 0 Å². The van der Waals surface area contributed by atoms with Crippen LogP contribution in [-0.4, -0.2) is 25.6 Å². The molecule has 2 amide bonds. The van der Waals surface area contributed by atoms with Crippen LogP contribution in [0.5, 0.6) is 5.75 Å². The molecule has 2 aromatic carbocycles. The van der Waals surface area contributed by atoms with Gasteiger partial charge in [-0.25, -0.2) is 4.79 Å². The number of anilines is 1. The van der Waals surface area contributed by atoms with Crippen molar-refractivity contribution in [2.45, 2.75) is 13.0 Å². The standard InChI is InChI=1S/C18H20BrClN2O2/c1-13(14-4-3-5-17(12-14)24-2)21-18(23)22(11-10-20)16-8-6-15(19)7-9-16/h3-9,12-13H,10-11H2,1-2H3,(H,21,23). The molecule has 0 heterocycles. The second-order valence-electron chi connectivity index (χ2n) is 5.26. The van der Waals surface area contributed by atoms with Gasteiger partial charge in [-0.3, -0.25) is 4.90 Å². The van der Waals surface area contributed by atoms with E-state index in [4.69, 9.17) is 16.3 Å². The lowest BCUT2D eigenvalue weighted by Crippen LogP contribution is -2.42. The Morgan fingerprint density at radius 2 is 2.00 bits per heavy atom. The highest BCUT2D eigenvalue weighted by Crippen LogP contribution is 2.21. The molecule has 2 rings (SSSR count). The highest BCUT2D eigenvalue weighted by molar-refractivity contribution is 9.10. The van der Waals surface area contributed by atoms with Crippen molar-refractivity contribution in [3.63, 3.8) is 0 Å². The number of halogens is 2. The Bertz CT molecular complexity index is 679. The molecule has 0 aliphatic carbocycles. The summed E-state index contributed by atoms with van der Waals surface area (Å²) in [5, 5.41) is 3.01. The van der Waals surface area contributed by atoms with Gasteiger partial charge in [-0.05, 0) is 48.9 Å². The summed E-state index contributed by atoms with van der Waals surface area (Å²) in [6.07, 6.45) is 0. The van der Waals surface area contributed by atoms with Gasteiger partial charge in [-0.2, -0.15) is 0 Å². The molecule has 6 heteroatoms. The number of amides is 2. The van der Waals surface area contributed by atoms with E-state index in [9.17, 15) is 4.79 Å². The monoisotopic (exact) mass is 410 g/mol. The van der Waals surface area contributed by atoms with Crippen molar-refractivity contribution in [2.75, 3.05) is 24.4 Å². The van der Waals surface area contributed by atoms with Crippen molar-refractivity contribution in [3.8, 4) is 5.75 Å². The molecule has 0 aromatic heterocycles. The number of methoxy groups -OCH3 is 1. The first-order valence-electron chi connectivity index (χ1n) is 7.58. The molecular weight excluding hydrogens is 392 g/mol. The average Bonchev–Trinajstić information content (AvgIpc) is 2.60. The first-order valence-corrected chi connectivity index (χ1v) is 8.91. The number of rotatable bonds is 6. The van der Waals surface area contributed by atoms with Crippen LogP contribution in [-0.2, 0) is 0 Å². The molecule has 0 saturated heterocycles. The van der Waals surface area contributed by atoms with Crippen molar-refractivity contribution in [3.05, 3.63) is 58.6 Å². The Balaban J connectivity index is 2.13. The maximum Gasteiger partial charge on any atom is 0.322 e. The van der Waals surface area contributed by atoms with Crippen LogP contribution in [0.4, 0.5) is 10.5 Å². The molecule has 0 fully saturated rings. The minimum absolute atomic E-state index is 0.152. The number of hydrogen-bond donors (Lipinski definition) is 1. The molecule has 24 heavy (non-hydrogen) atoms. The van der Waals surface area contributed by atoms with E-state index in [0.29, 0.717) is 12.4 Å². The summed E-state index contributed by atoms with van der Waals surface area (Å²) in [4.78, 5) is 14.3. The molecule has 0 aliphatic heterocycles. The van der Waals surface area contributed by atoms with E-state index in [-0.39, 0.29) is 12.1 Å². The number of nitrogens with one attached hydrogen (secondary N) is 1. The average molecular weight is 412 g/mol. The number of hydrogen-bond acceptors (Lipinski definition) is 2. The van der Waals surface area contributed by atoms with Crippen molar-refractivity contribution in [1.29, 1.82) is 0 Å².